The molecule has 2 N–H and O–H groups in total. The molecule has 0 aliphatic heterocycles. The van der Waals surface area contributed by atoms with Crippen molar-refractivity contribution in [1.82, 2.24) is 10.3 Å². The zero-order valence-corrected chi connectivity index (χ0v) is 24.6. The van der Waals surface area contributed by atoms with Gasteiger partial charge in [-0.2, -0.15) is 0 Å². The zero-order chi connectivity index (χ0) is 27.1. The molecule has 0 aliphatic carbocycles. The van der Waals surface area contributed by atoms with Gasteiger partial charge in [0.1, 0.15) is 5.60 Å². The van der Waals surface area contributed by atoms with Gasteiger partial charge in [0.25, 0.3) is 0 Å². The Balaban J connectivity index is 2.44. The summed E-state index contributed by atoms with van der Waals surface area (Å²) < 4.78 is 12.4. The van der Waals surface area contributed by atoms with Gasteiger partial charge in [-0.1, -0.05) is 51.1 Å². The predicted octanol–water partition coefficient (Wildman–Crippen LogP) is 6.30. The molecule has 0 radical (unpaired) electrons. The number of benzene rings is 1. The Morgan fingerprint density at radius 3 is 2.22 bits per heavy atom. The third-order valence-corrected chi connectivity index (χ3v) is 11.8. The molecule has 0 aliphatic rings. The molecule has 1 aromatic heterocycles. The van der Waals surface area contributed by atoms with Crippen LogP contribution in [0.25, 0.3) is 0 Å². The van der Waals surface area contributed by atoms with Crippen LogP contribution in [0.15, 0.2) is 42.0 Å². The molecular formula is C27H42N2O5SSi. The highest BCUT2D eigenvalue weighted by molar-refractivity contribution is 7.09. The van der Waals surface area contributed by atoms with Gasteiger partial charge in [-0.05, 0) is 63.7 Å². The molecular weight excluding hydrogens is 492 g/mol. The van der Waals surface area contributed by atoms with Gasteiger partial charge in [-0.3, -0.25) is 9.78 Å². The Morgan fingerprint density at radius 1 is 1.08 bits per heavy atom. The number of amides is 1. The summed E-state index contributed by atoms with van der Waals surface area (Å²) in [5, 5.41) is 13.1. The Hall–Kier alpha value is -2.23. The van der Waals surface area contributed by atoms with Crippen LogP contribution in [-0.2, 0) is 26.8 Å². The van der Waals surface area contributed by atoms with Crippen molar-refractivity contribution in [3.63, 3.8) is 0 Å². The Bertz CT molecular complexity index is 968. The van der Waals surface area contributed by atoms with Crippen LogP contribution < -0.4 is 5.32 Å². The SMILES string of the molecule is CC(C)(C)OC(=O)N[C@@H](Cc1ccccc1)[C@H](C[C@@H](Cc1cncs1)C(=O)O)O[Si](C)(C)C(C)(C)C. The number of aromatic nitrogens is 1. The molecule has 7 nitrogen and oxygen atoms in total. The van der Waals surface area contributed by atoms with Crippen molar-refractivity contribution in [2.45, 2.75) is 96.7 Å². The lowest BCUT2D eigenvalue weighted by molar-refractivity contribution is -0.142. The van der Waals surface area contributed by atoms with Gasteiger partial charge in [0.15, 0.2) is 8.32 Å². The lowest BCUT2D eigenvalue weighted by Gasteiger charge is -2.42. The van der Waals surface area contributed by atoms with E-state index in [1.54, 1.807) is 11.7 Å². The van der Waals surface area contributed by atoms with Crippen molar-refractivity contribution in [3.8, 4) is 0 Å². The van der Waals surface area contributed by atoms with Crippen LogP contribution in [0.5, 0.6) is 0 Å². The average Bonchev–Trinajstić information content (AvgIpc) is 3.23. The number of nitrogens with zero attached hydrogens (tertiary/aromatic N) is 1. The number of carboxylic acids is 1. The first kappa shape index (κ1) is 30.0. The van der Waals surface area contributed by atoms with E-state index in [0.717, 1.165) is 10.4 Å². The van der Waals surface area contributed by atoms with Crippen molar-refractivity contribution in [3.05, 3.63) is 52.5 Å². The summed E-state index contributed by atoms with van der Waals surface area (Å²) in [6, 6.07) is 9.37. The molecule has 2 rings (SSSR count). The second kappa shape index (κ2) is 12.3. The van der Waals surface area contributed by atoms with Gasteiger partial charge >= 0.3 is 12.1 Å². The summed E-state index contributed by atoms with van der Waals surface area (Å²) in [7, 11) is -2.32. The molecule has 2 aromatic rings. The maximum absolute atomic E-state index is 12.9. The van der Waals surface area contributed by atoms with E-state index in [1.165, 1.54) is 11.3 Å². The summed E-state index contributed by atoms with van der Waals surface area (Å²) in [5.41, 5.74) is 2.07. The van der Waals surface area contributed by atoms with Crippen LogP contribution in [0.2, 0.25) is 18.1 Å². The van der Waals surface area contributed by atoms with E-state index < -0.39 is 44.0 Å². The Morgan fingerprint density at radius 2 is 1.72 bits per heavy atom. The van der Waals surface area contributed by atoms with Crippen LogP contribution in [0.1, 0.15) is 58.4 Å². The van der Waals surface area contributed by atoms with Crippen molar-refractivity contribution in [2.75, 3.05) is 0 Å². The minimum atomic E-state index is -2.32. The number of carbonyl (C=O) groups excluding carboxylic acids is 1. The van der Waals surface area contributed by atoms with Gasteiger partial charge in [0.05, 0.1) is 23.6 Å². The highest BCUT2D eigenvalue weighted by Gasteiger charge is 2.42. The summed E-state index contributed by atoms with van der Waals surface area (Å²) in [4.78, 5) is 30.3. The van der Waals surface area contributed by atoms with E-state index in [2.05, 4.69) is 44.2 Å². The van der Waals surface area contributed by atoms with Crippen LogP contribution >= 0.6 is 11.3 Å². The molecule has 1 amide bonds. The Labute approximate surface area is 220 Å². The first-order chi connectivity index (χ1) is 16.6. The first-order valence-electron chi connectivity index (χ1n) is 12.4. The number of aliphatic carboxylic acids is 1. The van der Waals surface area contributed by atoms with Crippen LogP contribution in [-0.4, -0.2) is 48.2 Å². The van der Waals surface area contributed by atoms with Gasteiger partial charge < -0.3 is 19.6 Å². The number of alkyl carbamates (subject to hydrolysis) is 1. The quantitative estimate of drug-likeness (QED) is 0.328. The fourth-order valence-electron chi connectivity index (χ4n) is 3.59. The maximum atomic E-state index is 12.9. The monoisotopic (exact) mass is 534 g/mol. The first-order valence-corrected chi connectivity index (χ1v) is 16.2. The minimum absolute atomic E-state index is 0.0924. The highest BCUT2D eigenvalue weighted by Crippen LogP contribution is 2.39. The number of carbonyl (C=O) groups is 2. The van der Waals surface area contributed by atoms with E-state index in [-0.39, 0.29) is 11.5 Å². The second-order valence-electron chi connectivity index (χ2n) is 11.8. The molecule has 9 heteroatoms. The maximum Gasteiger partial charge on any atom is 0.407 e. The zero-order valence-electron chi connectivity index (χ0n) is 22.8. The highest BCUT2D eigenvalue weighted by atomic mass is 32.1. The van der Waals surface area contributed by atoms with E-state index in [4.69, 9.17) is 9.16 Å². The van der Waals surface area contributed by atoms with Crippen molar-refractivity contribution in [1.29, 1.82) is 0 Å². The molecule has 0 saturated heterocycles. The van der Waals surface area contributed by atoms with Crippen molar-refractivity contribution < 1.29 is 23.9 Å². The topological polar surface area (TPSA) is 97.8 Å². The molecule has 0 saturated carbocycles. The fraction of sp³-hybridized carbons (Fsp3) is 0.593. The van der Waals surface area contributed by atoms with Gasteiger partial charge in [0.2, 0.25) is 0 Å². The lowest BCUT2D eigenvalue weighted by Crippen LogP contribution is -2.54. The fourth-order valence-corrected chi connectivity index (χ4v) is 5.64. The number of hydrogen-bond donors (Lipinski definition) is 2. The largest absolute Gasteiger partial charge is 0.481 e. The molecule has 1 aromatic carbocycles. The second-order valence-corrected chi connectivity index (χ2v) is 17.5. The minimum Gasteiger partial charge on any atom is -0.481 e. The van der Waals surface area contributed by atoms with Crippen molar-refractivity contribution >= 4 is 31.7 Å². The van der Waals surface area contributed by atoms with E-state index in [0.29, 0.717) is 12.8 Å². The van der Waals surface area contributed by atoms with Crippen molar-refractivity contribution in [2.24, 2.45) is 5.92 Å². The van der Waals surface area contributed by atoms with Gasteiger partial charge in [0, 0.05) is 11.1 Å². The van der Waals surface area contributed by atoms with Crippen LogP contribution in [0, 0.1) is 5.92 Å². The molecule has 200 valence electrons. The molecule has 0 fully saturated rings. The number of ether oxygens (including phenoxy) is 1. The molecule has 0 bridgehead atoms. The molecule has 0 unspecified atom stereocenters. The third kappa shape index (κ3) is 9.67. The molecule has 36 heavy (non-hydrogen) atoms. The number of nitrogens with one attached hydrogen (secondary N) is 1. The lowest BCUT2D eigenvalue weighted by atomic mass is 9.91. The van der Waals surface area contributed by atoms with E-state index in [9.17, 15) is 14.7 Å². The van der Waals surface area contributed by atoms with Crippen LogP contribution in [0.3, 0.4) is 0 Å². The summed E-state index contributed by atoms with van der Waals surface area (Å²) >= 11 is 1.44. The number of thiazole rings is 1. The van der Waals surface area contributed by atoms with Crippen LogP contribution in [0.4, 0.5) is 4.79 Å². The smallest absolute Gasteiger partial charge is 0.407 e. The molecule has 0 spiro atoms. The van der Waals surface area contributed by atoms with E-state index in [1.807, 2.05) is 51.1 Å². The normalized spacial score (nSPS) is 15.1. The summed E-state index contributed by atoms with van der Waals surface area (Å²) in [5.74, 6) is -1.57. The summed E-state index contributed by atoms with van der Waals surface area (Å²) in [6.07, 6.45) is 1.76. The number of hydrogen-bond acceptors (Lipinski definition) is 6. The number of carboxylic acid groups (broad SMARTS) is 1. The Kier molecular flexibility index (Phi) is 10.3. The molecule has 1 heterocycles. The summed E-state index contributed by atoms with van der Waals surface area (Å²) in [6.45, 7) is 16.2. The van der Waals surface area contributed by atoms with Gasteiger partial charge in [-0.25, -0.2) is 4.79 Å². The number of rotatable bonds is 11. The molecule has 3 atom stereocenters. The third-order valence-electron chi connectivity index (χ3n) is 6.50. The standard InChI is InChI=1S/C27H42N2O5SSi/c1-26(2,3)33-25(32)29-22(14-19-12-10-9-11-13-19)23(34-36(7,8)27(4,5)6)16-20(24(30)31)15-21-17-28-18-35-21/h9-13,17-18,20,22-23H,14-16H2,1-8H3,(H,29,32)(H,30,31)/t20-,22+,23+/m1/s1. The van der Waals surface area contributed by atoms with Gasteiger partial charge in [-0.15, -0.1) is 11.3 Å². The predicted molar refractivity (Wildman–Crippen MR) is 147 cm³/mol. The average molecular weight is 535 g/mol. The van der Waals surface area contributed by atoms with E-state index >= 15 is 0 Å².